The van der Waals surface area contributed by atoms with E-state index < -0.39 is 10.2 Å². The summed E-state index contributed by atoms with van der Waals surface area (Å²) in [6.07, 6.45) is 4.98. The number of thioether (sulfide) groups is 1. The second-order valence-corrected chi connectivity index (χ2v) is 8.17. The van der Waals surface area contributed by atoms with Gasteiger partial charge in [-0.1, -0.05) is 6.92 Å². The molecule has 20 heavy (non-hydrogen) atoms. The summed E-state index contributed by atoms with van der Waals surface area (Å²) < 4.78 is 29.2. The van der Waals surface area contributed by atoms with Gasteiger partial charge in [-0.25, -0.2) is 0 Å². The molecule has 1 rings (SSSR count). The third kappa shape index (κ3) is 6.30. The van der Waals surface area contributed by atoms with Crippen molar-refractivity contribution in [3.8, 4) is 0 Å². The van der Waals surface area contributed by atoms with Crippen molar-refractivity contribution in [2.75, 3.05) is 38.2 Å². The Morgan fingerprint density at radius 1 is 1.45 bits per heavy atom. The van der Waals surface area contributed by atoms with Crippen LogP contribution >= 0.6 is 11.8 Å². The Bertz CT molecular complexity index is 363. The molecule has 0 aromatic rings. The number of nitrogens with one attached hydrogen (secondary N) is 2. The van der Waals surface area contributed by atoms with E-state index in [0.29, 0.717) is 19.0 Å². The van der Waals surface area contributed by atoms with E-state index in [9.17, 15) is 8.42 Å². The van der Waals surface area contributed by atoms with Crippen molar-refractivity contribution >= 4 is 22.0 Å². The average molecular weight is 324 g/mol. The summed E-state index contributed by atoms with van der Waals surface area (Å²) in [5.41, 5.74) is 0. The first-order valence-corrected chi connectivity index (χ1v) is 10.3. The van der Waals surface area contributed by atoms with Gasteiger partial charge in [0.2, 0.25) is 0 Å². The third-order valence-electron chi connectivity index (χ3n) is 3.61. The van der Waals surface area contributed by atoms with Crippen molar-refractivity contribution in [3.05, 3.63) is 0 Å². The van der Waals surface area contributed by atoms with Crippen LogP contribution in [-0.2, 0) is 10.2 Å². The van der Waals surface area contributed by atoms with Crippen LogP contribution < -0.4 is 10.0 Å². The molecule has 0 amide bonds. The molecule has 0 aromatic carbocycles. The van der Waals surface area contributed by atoms with E-state index >= 15 is 0 Å². The molecule has 2 atom stereocenters. The van der Waals surface area contributed by atoms with Gasteiger partial charge >= 0.3 is 0 Å². The Labute approximate surface area is 128 Å². The summed E-state index contributed by atoms with van der Waals surface area (Å²) in [6.45, 7) is 7.14. The summed E-state index contributed by atoms with van der Waals surface area (Å²) >= 11 is 1.74. The lowest BCUT2D eigenvalue weighted by Crippen LogP contribution is -2.49. The van der Waals surface area contributed by atoms with Crippen LogP contribution in [0.4, 0.5) is 0 Å². The number of piperidine rings is 1. The highest BCUT2D eigenvalue weighted by atomic mass is 32.2. The molecule has 120 valence electrons. The van der Waals surface area contributed by atoms with Crippen LogP contribution in [-0.4, -0.2) is 57.0 Å². The van der Waals surface area contributed by atoms with E-state index in [-0.39, 0.29) is 6.04 Å². The topological polar surface area (TPSA) is 61.4 Å². The molecule has 0 aliphatic carbocycles. The standard InChI is InChI=1S/C13H29N3O2S2/c1-4-14-10-13-6-5-8-16(11-13)20(17,18)15-12(2)7-9-19-3/h12-15H,4-11H2,1-3H3. The maximum Gasteiger partial charge on any atom is 0.279 e. The zero-order chi connectivity index (χ0) is 15.0. The van der Waals surface area contributed by atoms with Gasteiger partial charge in [0.25, 0.3) is 10.2 Å². The quantitative estimate of drug-likeness (QED) is 0.671. The number of hydrogen-bond acceptors (Lipinski definition) is 4. The van der Waals surface area contributed by atoms with Crippen molar-refractivity contribution < 1.29 is 8.42 Å². The molecule has 0 aromatic heterocycles. The van der Waals surface area contributed by atoms with Crippen LogP contribution in [0, 0.1) is 5.92 Å². The van der Waals surface area contributed by atoms with Gasteiger partial charge in [0.1, 0.15) is 0 Å². The molecule has 1 aliphatic rings. The summed E-state index contributed by atoms with van der Waals surface area (Å²) in [5.74, 6) is 1.41. The zero-order valence-electron chi connectivity index (χ0n) is 12.9. The minimum absolute atomic E-state index is 0.00148. The minimum atomic E-state index is -3.32. The van der Waals surface area contributed by atoms with Gasteiger partial charge in [0.05, 0.1) is 0 Å². The smallest absolute Gasteiger partial charge is 0.279 e. The van der Waals surface area contributed by atoms with Crippen molar-refractivity contribution in [1.82, 2.24) is 14.3 Å². The molecule has 7 heteroatoms. The zero-order valence-corrected chi connectivity index (χ0v) is 14.5. The fourth-order valence-corrected chi connectivity index (χ4v) is 4.58. The summed E-state index contributed by atoms with van der Waals surface area (Å²) in [4.78, 5) is 0. The molecule has 2 unspecified atom stereocenters. The summed E-state index contributed by atoms with van der Waals surface area (Å²) in [6, 6.07) is 0.00148. The van der Waals surface area contributed by atoms with Gasteiger partial charge in [-0.2, -0.15) is 29.2 Å². The molecule has 0 spiro atoms. The highest BCUT2D eigenvalue weighted by molar-refractivity contribution is 7.98. The van der Waals surface area contributed by atoms with Gasteiger partial charge in [0.15, 0.2) is 0 Å². The summed E-state index contributed by atoms with van der Waals surface area (Å²) in [7, 11) is -3.32. The average Bonchev–Trinajstić information content (AvgIpc) is 2.42. The molecule has 0 bridgehead atoms. The Morgan fingerprint density at radius 2 is 2.20 bits per heavy atom. The van der Waals surface area contributed by atoms with Crippen molar-refractivity contribution in [2.24, 2.45) is 5.92 Å². The fraction of sp³-hybridized carbons (Fsp3) is 1.00. The van der Waals surface area contributed by atoms with Crippen LogP contribution in [0.25, 0.3) is 0 Å². The van der Waals surface area contributed by atoms with Crippen LogP contribution in [0.1, 0.15) is 33.1 Å². The van der Waals surface area contributed by atoms with Crippen LogP contribution in [0.5, 0.6) is 0 Å². The van der Waals surface area contributed by atoms with E-state index in [1.807, 2.05) is 13.2 Å². The molecular weight excluding hydrogens is 294 g/mol. The lowest BCUT2D eigenvalue weighted by atomic mass is 10.00. The highest BCUT2D eigenvalue weighted by Crippen LogP contribution is 2.18. The van der Waals surface area contributed by atoms with E-state index in [4.69, 9.17) is 0 Å². The molecule has 0 radical (unpaired) electrons. The van der Waals surface area contributed by atoms with Crippen molar-refractivity contribution in [1.29, 1.82) is 0 Å². The number of hydrogen-bond donors (Lipinski definition) is 2. The first-order chi connectivity index (χ1) is 9.49. The van der Waals surface area contributed by atoms with Crippen LogP contribution in [0.2, 0.25) is 0 Å². The second-order valence-electron chi connectivity index (χ2n) is 5.48. The van der Waals surface area contributed by atoms with Gasteiger partial charge in [-0.3, -0.25) is 0 Å². The minimum Gasteiger partial charge on any atom is -0.317 e. The Hall–Kier alpha value is 0.180. The number of rotatable bonds is 9. The molecule has 1 aliphatic heterocycles. The predicted molar refractivity (Wildman–Crippen MR) is 87.4 cm³/mol. The molecule has 1 saturated heterocycles. The third-order valence-corrected chi connectivity index (χ3v) is 5.97. The molecule has 1 heterocycles. The normalized spacial score (nSPS) is 22.9. The first-order valence-electron chi connectivity index (χ1n) is 7.46. The van der Waals surface area contributed by atoms with E-state index in [2.05, 4.69) is 17.0 Å². The lowest BCUT2D eigenvalue weighted by molar-refractivity contribution is 0.257. The molecule has 1 fully saturated rings. The van der Waals surface area contributed by atoms with Crippen molar-refractivity contribution in [3.63, 3.8) is 0 Å². The molecule has 0 saturated carbocycles. The molecule has 2 N–H and O–H groups in total. The predicted octanol–water partition coefficient (Wildman–Crippen LogP) is 1.28. The van der Waals surface area contributed by atoms with E-state index in [0.717, 1.165) is 38.1 Å². The lowest BCUT2D eigenvalue weighted by Gasteiger charge is -2.32. The summed E-state index contributed by atoms with van der Waals surface area (Å²) in [5, 5.41) is 3.31. The highest BCUT2D eigenvalue weighted by Gasteiger charge is 2.29. The molecular formula is C13H29N3O2S2. The maximum atomic E-state index is 12.4. The van der Waals surface area contributed by atoms with Gasteiger partial charge in [-0.05, 0) is 57.2 Å². The fourth-order valence-electron chi connectivity index (χ4n) is 2.44. The Kier molecular flexibility index (Phi) is 8.43. The molecule has 5 nitrogen and oxygen atoms in total. The maximum absolute atomic E-state index is 12.4. The van der Waals surface area contributed by atoms with Crippen LogP contribution in [0.3, 0.4) is 0 Å². The van der Waals surface area contributed by atoms with Gasteiger partial charge < -0.3 is 5.32 Å². The van der Waals surface area contributed by atoms with E-state index in [1.54, 1.807) is 16.1 Å². The van der Waals surface area contributed by atoms with Crippen LogP contribution in [0.15, 0.2) is 0 Å². The SMILES string of the molecule is CCNCC1CCCN(S(=O)(=O)NC(C)CCSC)C1. The second kappa shape index (κ2) is 9.25. The van der Waals surface area contributed by atoms with Crippen molar-refractivity contribution in [2.45, 2.75) is 39.2 Å². The monoisotopic (exact) mass is 323 g/mol. The van der Waals surface area contributed by atoms with E-state index in [1.165, 1.54) is 0 Å². The number of nitrogens with zero attached hydrogens (tertiary/aromatic N) is 1. The Morgan fingerprint density at radius 3 is 2.85 bits per heavy atom. The first kappa shape index (κ1) is 18.2. The Balaban J connectivity index is 2.49. The van der Waals surface area contributed by atoms with Gasteiger partial charge in [0, 0.05) is 19.1 Å². The van der Waals surface area contributed by atoms with Gasteiger partial charge in [-0.15, -0.1) is 0 Å². The largest absolute Gasteiger partial charge is 0.317 e.